The molecule has 0 fully saturated rings. The second-order valence-electron chi connectivity index (χ2n) is 11.0. The number of ether oxygens (including phenoxy) is 1. The molecule has 4 aromatic rings. The summed E-state index contributed by atoms with van der Waals surface area (Å²) in [5.41, 5.74) is 3.83. The number of nitrogens with one attached hydrogen (secondary N) is 3. The Bertz CT molecular complexity index is 1610. The Labute approximate surface area is 231 Å². The van der Waals surface area contributed by atoms with Gasteiger partial charge in [-0.25, -0.2) is 4.79 Å². The number of anilines is 2. The Morgan fingerprint density at radius 1 is 1.05 bits per heavy atom. The maximum absolute atomic E-state index is 13.2. The third kappa shape index (κ3) is 5.68. The molecular weight excluding hydrogens is 510 g/mol. The lowest BCUT2D eigenvalue weighted by Gasteiger charge is -2.27. The van der Waals surface area contributed by atoms with E-state index >= 15 is 0 Å². The number of carbonyl (C=O) groups is 3. The number of aromatic nitrogens is 4. The van der Waals surface area contributed by atoms with E-state index in [2.05, 4.69) is 26.1 Å². The highest BCUT2D eigenvalue weighted by Gasteiger charge is 2.28. The fraction of sp³-hybridized carbons (Fsp3) is 0.345. The smallest absolute Gasteiger partial charge is 0.407 e. The topological polar surface area (TPSA) is 132 Å². The summed E-state index contributed by atoms with van der Waals surface area (Å²) in [5, 5.41) is 18.3. The molecule has 1 aliphatic heterocycles. The number of benzene rings is 2. The first-order valence-electron chi connectivity index (χ1n) is 13.2. The van der Waals surface area contributed by atoms with E-state index in [1.54, 1.807) is 40.8 Å². The Morgan fingerprint density at radius 2 is 1.82 bits per heavy atom. The predicted octanol–water partition coefficient (Wildman–Crippen LogP) is 4.42. The average Bonchev–Trinajstić information content (AvgIpc) is 3.45. The third-order valence-corrected chi connectivity index (χ3v) is 6.75. The van der Waals surface area contributed by atoms with Crippen LogP contribution in [0.1, 0.15) is 59.3 Å². The Kier molecular flexibility index (Phi) is 7.05. The standard InChI is InChI=1S/C29H33N7O4/c1-17-14-18(31-27(38)25-20-8-6-7-9-23(20)35(5)34-25)10-11-22(17)33-26(37)21-16-30-36-13-12-19(15-24(21)36)32-28(39)40-29(2,3)4/h6-11,14,16,19H,12-13,15H2,1-5H3,(H,31,38)(H,32,39)(H,33,37). The maximum Gasteiger partial charge on any atom is 0.407 e. The summed E-state index contributed by atoms with van der Waals surface area (Å²) >= 11 is 0. The quantitative estimate of drug-likeness (QED) is 0.341. The molecule has 2 aromatic heterocycles. The van der Waals surface area contributed by atoms with Gasteiger partial charge < -0.3 is 20.7 Å². The molecule has 11 heteroatoms. The van der Waals surface area contributed by atoms with E-state index in [0.29, 0.717) is 42.0 Å². The molecule has 0 saturated heterocycles. The van der Waals surface area contributed by atoms with Gasteiger partial charge >= 0.3 is 6.09 Å². The maximum atomic E-state index is 13.2. The first kappa shape index (κ1) is 26.9. The zero-order valence-corrected chi connectivity index (χ0v) is 23.2. The monoisotopic (exact) mass is 543 g/mol. The molecule has 5 rings (SSSR count). The molecular formula is C29H33N7O4. The Balaban J connectivity index is 1.25. The van der Waals surface area contributed by atoms with Crippen LogP contribution in [0.4, 0.5) is 16.2 Å². The number of para-hydroxylation sites is 1. The SMILES string of the molecule is Cc1cc(NC(=O)c2nn(C)c3ccccc23)ccc1NC(=O)c1cnn2c1CC(NC(=O)OC(C)(C)C)CC2. The zero-order chi connectivity index (χ0) is 28.6. The van der Waals surface area contributed by atoms with Gasteiger partial charge in [0.15, 0.2) is 5.69 Å². The van der Waals surface area contributed by atoms with Crippen molar-refractivity contribution in [1.29, 1.82) is 0 Å². The van der Waals surface area contributed by atoms with Crippen LogP contribution in [0.2, 0.25) is 0 Å². The summed E-state index contributed by atoms with van der Waals surface area (Å²) in [7, 11) is 1.80. The fourth-order valence-electron chi connectivity index (χ4n) is 4.86. The van der Waals surface area contributed by atoms with Crippen LogP contribution >= 0.6 is 0 Å². The number of hydrogen-bond donors (Lipinski definition) is 3. The van der Waals surface area contributed by atoms with E-state index in [1.807, 2.05) is 52.0 Å². The van der Waals surface area contributed by atoms with Crippen molar-refractivity contribution in [3.05, 3.63) is 71.2 Å². The Morgan fingerprint density at radius 3 is 2.58 bits per heavy atom. The van der Waals surface area contributed by atoms with Gasteiger partial charge in [0.2, 0.25) is 0 Å². The number of hydrogen-bond acceptors (Lipinski definition) is 6. The van der Waals surface area contributed by atoms with E-state index < -0.39 is 11.7 Å². The first-order valence-corrected chi connectivity index (χ1v) is 13.2. The molecule has 0 bridgehead atoms. The van der Waals surface area contributed by atoms with Crippen LogP contribution in [-0.4, -0.2) is 49.1 Å². The molecule has 3 heterocycles. The molecule has 0 spiro atoms. The van der Waals surface area contributed by atoms with Crippen molar-refractivity contribution in [2.24, 2.45) is 7.05 Å². The number of rotatable bonds is 5. The average molecular weight is 544 g/mol. The van der Waals surface area contributed by atoms with Crippen LogP contribution in [0.5, 0.6) is 0 Å². The molecule has 0 aliphatic carbocycles. The third-order valence-electron chi connectivity index (χ3n) is 6.75. The molecule has 11 nitrogen and oxygen atoms in total. The van der Waals surface area contributed by atoms with E-state index in [1.165, 1.54) is 0 Å². The molecule has 40 heavy (non-hydrogen) atoms. The van der Waals surface area contributed by atoms with Gasteiger partial charge in [0, 0.05) is 42.8 Å². The van der Waals surface area contributed by atoms with Crippen LogP contribution in [0.3, 0.4) is 0 Å². The second kappa shape index (κ2) is 10.5. The van der Waals surface area contributed by atoms with Crippen LogP contribution in [0.15, 0.2) is 48.7 Å². The van der Waals surface area contributed by atoms with Crippen molar-refractivity contribution in [2.75, 3.05) is 10.6 Å². The van der Waals surface area contributed by atoms with Crippen LogP contribution in [0, 0.1) is 6.92 Å². The summed E-state index contributed by atoms with van der Waals surface area (Å²) in [5.74, 6) is -0.604. The first-order chi connectivity index (χ1) is 19.0. The van der Waals surface area contributed by atoms with E-state index in [4.69, 9.17) is 4.74 Å². The van der Waals surface area contributed by atoms with Crippen molar-refractivity contribution < 1.29 is 19.1 Å². The number of nitrogens with zero attached hydrogens (tertiary/aromatic N) is 4. The molecule has 208 valence electrons. The summed E-state index contributed by atoms with van der Waals surface area (Å²) in [4.78, 5) is 38.4. The highest BCUT2D eigenvalue weighted by molar-refractivity contribution is 6.11. The molecule has 0 saturated carbocycles. The van der Waals surface area contributed by atoms with Crippen LogP contribution < -0.4 is 16.0 Å². The minimum absolute atomic E-state index is 0.161. The highest BCUT2D eigenvalue weighted by atomic mass is 16.6. The van der Waals surface area contributed by atoms with E-state index in [0.717, 1.165) is 22.2 Å². The zero-order valence-electron chi connectivity index (χ0n) is 23.2. The predicted molar refractivity (Wildman–Crippen MR) is 152 cm³/mol. The van der Waals surface area contributed by atoms with Crippen molar-refractivity contribution in [3.63, 3.8) is 0 Å². The van der Waals surface area contributed by atoms with E-state index in [-0.39, 0.29) is 17.9 Å². The van der Waals surface area contributed by atoms with Gasteiger partial charge in [0.05, 0.1) is 23.0 Å². The Hall–Kier alpha value is -4.67. The summed E-state index contributed by atoms with van der Waals surface area (Å²) in [6.07, 6.45) is 2.24. The summed E-state index contributed by atoms with van der Waals surface area (Å²) in [6.45, 7) is 7.89. The van der Waals surface area contributed by atoms with Crippen LogP contribution in [-0.2, 0) is 24.8 Å². The molecule has 1 unspecified atom stereocenters. The van der Waals surface area contributed by atoms with Crippen LogP contribution in [0.25, 0.3) is 10.9 Å². The van der Waals surface area contributed by atoms with Gasteiger partial charge in [0.25, 0.3) is 11.8 Å². The fourth-order valence-corrected chi connectivity index (χ4v) is 4.86. The molecule has 2 aromatic carbocycles. The lowest BCUT2D eigenvalue weighted by Crippen LogP contribution is -2.43. The van der Waals surface area contributed by atoms with Gasteiger partial charge in [0.1, 0.15) is 5.60 Å². The van der Waals surface area contributed by atoms with Crippen molar-refractivity contribution in [3.8, 4) is 0 Å². The largest absolute Gasteiger partial charge is 0.444 e. The minimum atomic E-state index is -0.589. The summed E-state index contributed by atoms with van der Waals surface area (Å²) < 4.78 is 8.86. The molecule has 3 amide bonds. The second-order valence-corrected chi connectivity index (χ2v) is 11.0. The minimum Gasteiger partial charge on any atom is -0.444 e. The number of aryl methyl sites for hydroxylation is 3. The number of carbonyl (C=O) groups excluding carboxylic acids is 3. The molecule has 3 N–H and O–H groups in total. The molecule has 0 radical (unpaired) electrons. The van der Waals surface area contributed by atoms with Gasteiger partial charge in [-0.3, -0.25) is 19.0 Å². The van der Waals surface area contributed by atoms with Gasteiger partial charge in [-0.1, -0.05) is 18.2 Å². The molecule has 1 aliphatic rings. The number of fused-ring (bicyclic) bond motifs is 2. The van der Waals surface area contributed by atoms with Crippen molar-refractivity contribution in [1.82, 2.24) is 24.9 Å². The van der Waals surface area contributed by atoms with Crippen molar-refractivity contribution in [2.45, 2.75) is 58.7 Å². The lowest BCUT2D eigenvalue weighted by molar-refractivity contribution is 0.0496. The van der Waals surface area contributed by atoms with Crippen molar-refractivity contribution >= 4 is 40.2 Å². The number of alkyl carbamates (subject to hydrolysis) is 1. The lowest BCUT2D eigenvalue weighted by atomic mass is 10.0. The molecule has 1 atom stereocenters. The van der Waals surface area contributed by atoms with Gasteiger partial charge in [-0.15, -0.1) is 0 Å². The normalized spacial score (nSPS) is 14.9. The number of amides is 3. The van der Waals surface area contributed by atoms with E-state index in [9.17, 15) is 14.4 Å². The van der Waals surface area contributed by atoms with Gasteiger partial charge in [-0.05, 0) is 63.9 Å². The highest BCUT2D eigenvalue weighted by Crippen LogP contribution is 2.25. The summed E-state index contributed by atoms with van der Waals surface area (Å²) in [6, 6.07) is 12.7. The van der Waals surface area contributed by atoms with Gasteiger partial charge in [-0.2, -0.15) is 10.2 Å².